The second kappa shape index (κ2) is 7.93. The SMILES string of the molecule is CCCN(CCNS(=O)(=O)c1ccc2c(c1)CCCC2)C(C)=O. The van der Waals surface area contributed by atoms with Gasteiger partial charge in [0, 0.05) is 26.6 Å². The highest BCUT2D eigenvalue weighted by Gasteiger charge is 2.18. The summed E-state index contributed by atoms with van der Waals surface area (Å²) in [6.45, 7) is 4.78. The number of carbonyl (C=O) groups is 1. The van der Waals surface area contributed by atoms with Crippen molar-refractivity contribution in [1.82, 2.24) is 9.62 Å². The fraction of sp³-hybridized carbons (Fsp3) is 0.588. The average molecular weight is 338 g/mol. The van der Waals surface area contributed by atoms with E-state index in [9.17, 15) is 13.2 Å². The van der Waals surface area contributed by atoms with Gasteiger partial charge in [0.05, 0.1) is 4.90 Å². The lowest BCUT2D eigenvalue weighted by molar-refractivity contribution is -0.128. The number of aryl methyl sites for hydroxylation is 2. The Bertz CT molecular complexity index is 656. The number of rotatable bonds is 7. The quantitative estimate of drug-likeness (QED) is 0.828. The number of amides is 1. The summed E-state index contributed by atoms with van der Waals surface area (Å²) in [7, 11) is -3.52. The molecule has 0 spiro atoms. The van der Waals surface area contributed by atoms with Gasteiger partial charge in [-0.05, 0) is 55.4 Å². The van der Waals surface area contributed by atoms with Gasteiger partial charge in [0.25, 0.3) is 0 Å². The van der Waals surface area contributed by atoms with Crippen molar-refractivity contribution in [2.45, 2.75) is 50.8 Å². The van der Waals surface area contributed by atoms with E-state index in [0.717, 1.165) is 31.2 Å². The summed E-state index contributed by atoms with van der Waals surface area (Å²) in [5, 5.41) is 0. The van der Waals surface area contributed by atoms with Crippen molar-refractivity contribution in [3.63, 3.8) is 0 Å². The van der Waals surface area contributed by atoms with Crippen molar-refractivity contribution < 1.29 is 13.2 Å². The van der Waals surface area contributed by atoms with Gasteiger partial charge in [-0.1, -0.05) is 13.0 Å². The largest absolute Gasteiger partial charge is 0.342 e. The van der Waals surface area contributed by atoms with Crippen LogP contribution in [0.1, 0.15) is 44.2 Å². The van der Waals surface area contributed by atoms with Crippen LogP contribution in [0, 0.1) is 0 Å². The third kappa shape index (κ3) is 4.78. The second-order valence-electron chi connectivity index (χ2n) is 6.04. The van der Waals surface area contributed by atoms with E-state index in [1.54, 1.807) is 17.0 Å². The lowest BCUT2D eigenvalue weighted by Gasteiger charge is -2.20. The van der Waals surface area contributed by atoms with Gasteiger partial charge in [-0.2, -0.15) is 0 Å². The van der Waals surface area contributed by atoms with E-state index in [-0.39, 0.29) is 12.5 Å². The Hall–Kier alpha value is -1.40. The number of fused-ring (bicyclic) bond motifs is 1. The summed E-state index contributed by atoms with van der Waals surface area (Å²) in [6.07, 6.45) is 5.14. The molecule has 1 amide bonds. The molecule has 1 aliphatic carbocycles. The molecule has 1 aromatic rings. The Morgan fingerprint density at radius 3 is 2.52 bits per heavy atom. The smallest absolute Gasteiger partial charge is 0.240 e. The van der Waals surface area contributed by atoms with Gasteiger partial charge in [0.2, 0.25) is 15.9 Å². The Kier molecular flexibility index (Phi) is 6.18. The van der Waals surface area contributed by atoms with Gasteiger partial charge in [0.1, 0.15) is 0 Å². The summed E-state index contributed by atoms with van der Waals surface area (Å²) in [4.78, 5) is 13.5. The molecule has 128 valence electrons. The lowest BCUT2D eigenvalue weighted by atomic mass is 9.92. The molecule has 5 nitrogen and oxygen atoms in total. The maximum absolute atomic E-state index is 12.4. The highest BCUT2D eigenvalue weighted by atomic mass is 32.2. The summed E-state index contributed by atoms with van der Waals surface area (Å²) in [6, 6.07) is 5.41. The number of carbonyl (C=O) groups excluding carboxylic acids is 1. The third-order valence-electron chi connectivity index (χ3n) is 4.24. The van der Waals surface area contributed by atoms with E-state index in [2.05, 4.69) is 4.72 Å². The van der Waals surface area contributed by atoms with Gasteiger partial charge in [-0.15, -0.1) is 0 Å². The van der Waals surface area contributed by atoms with Crippen LogP contribution in [0.25, 0.3) is 0 Å². The zero-order valence-electron chi connectivity index (χ0n) is 14.0. The zero-order valence-corrected chi connectivity index (χ0v) is 14.8. The monoisotopic (exact) mass is 338 g/mol. The van der Waals surface area contributed by atoms with Gasteiger partial charge < -0.3 is 4.90 Å². The first kappa shape index (κ1) is 17.9. The minimum absolute atomic E-state index is 0.0279. The lowest BCUT2D eigenvalue weighted by Crippen LogP contribution is -2.37. The van der Waals surface area contributed by atoms with Crippen LogP contribution in [0.3, 0.4) is 0 Å². The summed E-state index contributed by atoms with van der Waals surface area (Å²) in [5.41, 5.74) is 2.41. The molecule has 0 heterocycles. The summed E-state index contributed by atoms with van der Waals surface area (Å²) < 4.78 is 27.4. The average Bonchev–Trinajstić information content (AvgIpc) is 2.53. The molecule has 1 aliphatic rings. The first-order chi connectivity index (χ1) is 10.9. The molecule has 0 aromatic heterocycles. The molecular weight excluding hydrogens is 312 g/mol. The molecule has 6 heteroatoms. The van der Waals surface area contributed by atoms with E-state index in [1.165, 1.54) is 18.9 Å². The van der Waals surface area contributed by atoms with Crippen molar-refractivity contribution in [2.24, 2.45) is 0 Å². The van der Waals surface area contributed by atoms with Crippen LogP contribution >= 0.6 is 0 Å². The van der Waals surface area contributed by atoms with Crippen LogP contribution in [0.15, 0.2) is 23.1 Å². The molecule has 0 saturated heterocycles. The Balaban J connectivity index is 2.00. The first-order valence-electron chi connectivity index (χ1n) is 8.31. The van der Waals surface area contributed by atoms with E-state index >= 15 is 0 Å². The second-order valence-corrected chi connectivity index (χ2v) is 7.81. The maximum atomic E-state index is 12.4. The summed E-state index contributed by atoms with van der Waals surface area (Å²) in [5.74, 6) is -0.0279. The number of nitrogens with one attached hydrogen (secondary N) is 1. The predicted molar refractivity (Wildman–Crippen MR) is 90.8 cm³/mol. The van der Waals surface area contributed by atoms with Crippen LogP contribution in [-0.4, -0.2) is 38.9 Å². The summed E-state index contributed by atoms with van der Waals surface area (Å²) >= 11 is 0. The molecular formula is C17H26N2O3S. The Morgan fingerprint density at radius 2 is 1.87 bits per heavy atom. The van der Waals surface area contributed by atoms with Crippen molar-refractivity contribution in [1.29, 1.82) is 0 Å². The van der Waals surface area contributed by atoms with Crippen molar-refractivity contribution >= 4 is 15.9 Å². The van der Waals surface area contributed by atoms with E-state index < -0.39 is 10.0 Å². The maximum Gasteiger partial charge on any atom is 0.240 e. The topological polar surface area (TPSA) is 66.5 Å². The molecule has 0 atom stereocenters. The molecule has 0 fully saturated rings. The zero-order chi connectivity index (χ0) is 16.9. The van der Waals surface area contributed by atoms with Crippen LogP contribution in [0.4, 0.5) is 0 Å². The fourth-order valence-corrected chi connectivity index (χ4v) is 4.04. The van der Waals surface area contributed by atoms with Crippen molar-refractivity contribution in [3.05, 3.63) is 29.3 Å². The predicted octanol–water partition coefficient (Wildman–Crippen LogP) is 2.10. The normalized spacial score (nSPS) is 14.3. The number of nitrogens with zero attached hydrogens (tertiary/aromatic N) is 1. The minimum atomic E-state index is -3.52. The Labute approximate surface area is 139 Å². The molecule has 1 N–H and O–H groups in total. The van der Waals surface area contributed by atoms with E-state index in [1.807, 2.05) is 13.0 Å². The molecule has 0 aliphatic heterocycles. The third-order valence-corrected chi connectivity index (χ3v) is 5.70. The van der Waals surface area contributed by atoms with Crippen LogP contribution < -0.4 is 4.72 Å². The van der Waals surface area contributed by atoms with Crippen LogP contribution in [-0.2, 0) is 27.7 Å². The molecule has 23 heavy (non-hydrogen) atoms. The molecule has 0 radical (unpaired) electrons. The van der Waals surface area contributed by atoms with Gasteiger partial charge >= 0.3 is 0 Å². The number of benzene rings is 1. The number of sulfonamides is 1. The molecule has 0 unspecified atom stereocenters. The highest BCUT2D eigenvalue weighted by Crippen LogP contribution is 2.23. The molecule has 0 saturated carbocycles. The Morgan fingerprint density at radius 1 is 1.17 bits per heavy atom. The van der Waals surface area contributed by atoms with Crippen molar-refractivity contribution in [3.8, 4) is 0 Å². The van der Waals surface area contributed by atoms with E-state index in [4.69, 9.17) is 0 Å². The first-order valence-corrected chi connectivity index (χ1v) is 9.79. The van der Waals surface area contributed by atoms with Crippen molar-refractivity contribution in [2.75, 3.05) is 19.6 Å². The molecule has 1 aromatic carbocycles. The van der Waals surface area contributed by atoms with Gasteiger partial charge in [0.15, 0.2) is 0 Å². The number of hydrogen-bond donors (Lipinski definition) is 1. The van der Waals surface area contributed by atoms with Crippen LogP contribution in [0.2, 0.25) is 0 Å². The number of hydrogen-bond acceptors (Lipinski definition) is 3. The van der Waals surface area contributed by atoms with Crippen LogP contribution in [0.5, 0.6) is 0 Å². The minimum Gasteiger partial charge on any atom is -0.342 e. The molecule has 2 rings (SSSR count). The van der Waals surface area contributed by atoms with E-state index in [0.29, 0.717) is 18.0 Å². The molecule has 0 bridgehead atoms. The fourth-order valence-electron chi connectivity index (χ4n) is 2.97. The highest BCUT2D eigenvalue weighted by molar-refractivity contribution is 7.89. The van der Waals surface area contributed by atoms with Gasteiger partial charge in [-0.3, -0.25) is 4.79 Å². The van der Waals surface area contributed by atoms with Gasteiger partial charge in [-0.25, -0.2) is 13.1 Å². The standard InChI is InChI=1S/C17H26N2O3S/c1-3-11-19(14(2)20)12-10-18-23(21,22)17-9-8-15-6-4-5-7-16(15)13-17/h8-9,13,18H,3-7,10-12H2,1-2H3.